The molecule has 0 bridgehead atoms. The normalized spacial score (nSPS) is 11.8. The lowest BCUT2D eigenvalue weighted by Gasteiger charge is -2.15. The van der Waals surface area contributed by atoms with Crippen molar-refractivity contribution >= 4 is 5.69 Å². The highest BCUT2D eigenvalue weighted by molar-refractivity contribution is 5.60. The highest BCUT2D eigenvalue weighted by Crippen LogP contribution is 2.31. The van der Waals surface area contributed by atoms with Crippen molar-refractivity contribution in [1.29, 1.82) is 0 Å². The molecular weight excluding hydrogens is 270 g/mol. The Morgan fingerprint density at radius 1 is 1.10 bits per heavy atom. The average Bonchev–Trinajstić information content (AvgIpc) is 2.53. The van der Waals surface area contributed by atoms with Crippen LogP contribution < -0.4 is 14.8 Å². The van der Waals surface area contributed by atoms with Crippen molar-refractivity contribution in [2.24, 2.45) is 0 Å². The van der Waals surface area contributed by atoms with Gasteiger partial charge in [-0.05, 0) is 24.3 Å². The predicted molar refractivity (Wildman–Crippen MR) is 81.1 cm³/mol. The van der Waals surface area contributed by atoms with Gasteiger partial charge in [0.15, 0.2) is 0 Å². The lowest BCUT2D eigenvalue weighted by atomic mass is 10.2. The first-order valence-corrected chi connectivity index (χ1v) is 6.66. The number of aliphatic hydroxyl groups is 2. The highest BCUT2D eigenvalue weighted by atomic mass is 16.5. The Balaban J connectivity index is 2.13. The Labute approximate surface area is 123 Å². The van der Waals surface area contributed by atoms with Crippen molar-refractivity contribution in [1.82, 2.24) is 0 Å². The van der Waals surface area contributed by atoms with Crippen LogP contribution in [0.1, 0.15) is 0 Å². The SMILES string of the molecule is COc1ccc(Oc2ccccc2)cc1NCC(O)CO. The molecule has 0 radical (unpaired) electrons. The third-order valence-electron chi connectivity index (χ3n) is 2.89. The largest absolute Gasteiger partial charge is 0.495 e. The molecule has 0 amide bonds. The molecule has 0 fully saturated rings. The van der Waals surface area contributed by atoms with Gasteiger partial charge in [0.2, 0.25) is 0 Å². The fourth-order valence-corrected chi connectivity index (χ4v) is 1.81. The molecule has 3 N–H and O–H groups in total. The number of benzene rings is 2. The van der Waals surface area contributed by atoms with E-state index in [0.29, 0.717) is 17.2 Å². The lowest BCUT2D eigenvalue weighted by Crippen LogP contribution is -2.23. The van der Waals surface area contributed by atoms with Crippen LogP contribution in [0.4, 0.5) is 5.69 Å². The van der Waals surface area contributed by atoms with E-state index in [1.165, 1.54) is 0 Å². The third-order valence-corrected chi connectivity index (χ3v) is 2.89. The van der Waals surface area contributed by atoms with E-state index in [4.69, 9.17) is 14.6 Å². The van der Waals surface area contributed by atoms with Crippen molar-refractivity contribution in [2.75, 3.05) is 25.6 Å². The molecule has 112 valence electrons. The molecule has 0 saturated carbocycles. The molecule has 1 atom stereocenters. The van der Waals surface area contributed by atoms with Crippen molar-refractivity contribution in [3.8, 4) is 17.2 Å². The monoisotopic (exact) mass is 289 g/mol. The molecular formula is C16H19NO4. The summed E-state index contributed by atoms with van der Waals surface area (Å²) in [5.41, 5.74) is 0.693. The van der Waals surface area contributed by atoms with E-state index in [1.807, 2.05) is 30.3 Å². The molecule has 21 heavy (non-hydrogen) atoms. The van der Waals surface area contributed by atoms with Gasteiger partial charge in [-0.1, -0.05) is 18.2 Å². The van der Waals surface area contributed by atoms with E-state index in [9.17, 15) is 5.11 Å². The zero-order valence-corrected chi connectivity index (χ0v) is 11.8. The van der Waals surface area contributed by atoms with Crippen LogP contribution in [0.3, 0.4) is 0 Å². The topological polar surface area (TPSA) is 71.0 Å². The summed E-state index contributed by atoms with van der Waals surface area (Å²) in [6, 6.07) is 14.8. The maximum absolute atomic E-state index is 9.40. The number of rotatable bonds is 7. The van der Waals surface area contributed by atoms with Crippen LogP contribution >= 0.6 is 0 Å². The Bertz CT molecular complexity index is 559. The molecule has 0 saturated heterocycles. The molecule has 0 heterocycles. The number of anilines is 1. The van der Waals surface area contributed by atoms with E-state index in [-0.39, 0.29) is 13.2 Å². The van der Waals surface area contributed by atoms with Gasteiger partial charge in [-0.15, -0.1) is 0 Å². The van der Waals surface area contributed by atoms with Crippen LogP contribution in [0.2, 0.25) is 0 Å². The summed E-state index contributed by atoms with van der Waals surface area (Å²) in [7, 11) is 1.57. The number of nitrogens with one attached hydrogen (secondary N) is 1. The fourth-order valence-electron chi connectivity index (χ4n) is 1.81. The van der Waals surface area contributed by atoms with Crippen molar-refractivity contribution < 1.29 is 19.7 Å². The molecule has 2 aromatic carbocycles. The van der Waals surface area contributed by atoms with E-state index in [2.05, 4.69) is 5.32 Å². The Morgan fingerprint density at radius 3 is 2.52 bits per heavy atom. The van der Waals surface area contributed by atoms with Crippen molar-refractivity contribution in [2.45, 2.75) is 6.10 Å². The quantitative estimate of drug-likeness (QED) is 0.729. The number of methoxy groups -OCH3 is 1. The minimum absolute atomic E-state index is 0.224. The van der Waals surface area contributed by atoms with Crippen LogP contribution in [-0.4, -0.2) is 36.6 Å². The zero-order valence-electron chi connectivity index (χ0n) is 11.8. The van der Waals surface area contributed by atoms with Gasteiger partial charge in [0.25, 0.3) is 0 Å². The predicted octanol–water partition coefficient (Wildman–Crippen LogP) is 2.25. The van der Waals surface area contributed by atoms with Crippen LogP contribution in [-0.2, 0) is 0 Å². The molecule has 1 unspecified atom stereocenters. The summed E-state index contributed by atoms with van der Waals surface area (Å²) >= 11 is 0. The second kappa shape index (κ2) is 7.52. The molecule has 5 nitrogen and oxygen atoms in total. The first-order valence-electron chi connectivity index (χ1n) is 6.66. The maximum Gasteiger partial charge on any atom is 0.142 e. The summed E-state index contributed by atoms with van der Waals surface area (Å²) in [6.07, 6.45) is -0.826. The van der Waals surface area contributed by atoms with Gasteiger partial charge in [0.1, 0.15) is 17.2 Å². The first kappa shape index (κ1) is 15.2. The molecule has 5 heteroatoms. The van der Waals surface area contributed by atoms with Crippen LogP contribution in [0.25, 0.3) is 0 Å². The van der Waals surface area contributed by atoms with E-state index < -0.39 is 6.10 Å². The van der Waals surface area contributed by atoms with Gasteiger partial charge < -0.3 is 25.0 Å². The number of aliphatic hydroxyl groups excluding tert-OH is 2. The van der Waals surface area contributed by atoms with Gasteiger partial charge in [-0.2, -0.15) is 0 Å². The van der Waals surface area contributed by atoms with Crippen molar-refractivity contribution in [3.63, 3.8) is 0 Å². The van der Waals surface area contributed by atoms with Gasteiger partial charge in [0.05, 0.1) is 25.5 Å². The number of ether oxygens (including phenoxy) is 2. The van der Waals surface area contributed by atoms with Gasteiger partial charge >= 0.3 is 0 Å². The van der Waals surface area contributed by atoms with E-state index in [1.54, 1.807) is 25.3 Å². The lowest BCUT2D eigenvalue weighted by molar-refractivity contribution is 0.105. The van der Waals surface area contributed by atoms with Crippen LogP contribution in [0.15, 0.2) is 48.5 Å². The number of para-hydroxylation sites is 1. The number of hydrogen-bond acceptors (Lipinski definition) is 5. The minimum Gasteiger partial charge on any atom is -0.495 e. The molecule has 0 aromatic heterocycles. The molecule has 0 aliphatic carbocycles. The summed E-state index contributed by atoms with van der Waals surface area (Å²) in [6.45, 7) is -0.0723. The summed E-state index contributed by atoms with van der Waals surface area (Å²) < 4.78 is 11.0. The molecule has 0 aliphatic rings. The standard InChI is InChI=1S/C16H19NO4/c1-20-16-8-7-14(21-13-5-3-2-4-6-13)9-15(16)17-10-12(19)11-18/h2-9,12,17-19H,10-11H2,1H3. The van der Waals surface area contributed by atoms with Crippen LogP contribution in [0, 0.1) is 0 Å². The van der Waals surface area contributed by atoms with Gasteiger partial charge in [-0.3, -0.25) is 0 Å². The van der Waals surface area contributed by atoms with Gasteiger partial charge in [-0.25, -0.2) is 0 Å². The highest BCUT2D eigenvalue weighted by Gasteiger charge is 2.08. The summed E-state index contributed by atoms with van der Waals surface area (Å²) in [5.74, 6) is 2.03. The molecule has 2 rings (SSSR count). The summed E-state index contributed by atoms with van der Waals surface area (Å²) in [4.78, 5) is 0. The van der Waals surface area contributed by atoms with Crippen LogP contribution in [0.5, 0.6) is 17.2 Å². The van der Waals surface area contributed by atoms with E-state index >= 15 is 0 Å². The zero-order chi connectivity index (χ0) is 15.1. The van der Waals surface area contributed by atoms with Crippen molar-refractivity contribution in [3.05, 3.63) is 48.5 Å². The first-order chi connectivity index (χ1) is 10.2. The second-order valence-corrected chi connectivity index (χ2v) is 4.49. The molecule has 0 aliphatic heterocycles. The number of hydrogen-bond donors (Lipinski definition) is 3. The second-order valence-electron chi connectivity index (χ2n) is 4.49. The Morgan fingerprint density at radius 2 is 1.86 bits per heavy atom. The van der Waals surface area contributed by atoms with E-state index in [0.717, 1.165) is 5.75 Å². The molecule has 0 spiro atoms. The third kappa shape index (κ3) is 4.37. The minimum atomic E-state index is -0.826. The smallest absolute Gasteiger partial charge is 0.142 e. The molecule has 2 aromatic rings. The Hall–Kier alpha value is -2.24. The summed E-state index contributed by atoms with van der Waals surface area (Å²) in [5, 5.41) is 21.3. The maximum atomic E-state index is 9.40. The van der Waals surface area contributed by atoms with Gasteiger partial charge in [0, 0.05) is 12.6 Å². The Kier molecular flexibility index (Phi) is 5.43. The fraction of sp³-hybridized carbons (Fsp3) is 0.250. The average molecular weight is 289 g/mol.